The van der Waals surface area contributed by atoms with Crippen LogP contribution in [-0.4, -0.2) is 47.0 Å². The Kier molecular flexibility index (Phi) is 4.68. The van der Waals surface area contributed by atoms with Crippen molar-refractivity contribution in [2.24, 2.45) is 0 Å². The zero-order chi connectivity index (χ0) is 16.4. The Morgan fingerprint density at radius 3 is 2.57 bits per heavy atom. The summed E-state index contributed by atoms with van der Waals surface area (Å²) in [4.78, 5) is 24.9. The summed E-state index contributed by atoms with van der Waals surface area (Å²) in [6.07, 6.45) is 1.56. The minimum atomic E-state index is -0.0870. The summed E-state index contributed by atoms with van der Waals surface area (Å²) in [5.41, 5.74) is 1.38. The molecule has 2 aromatic rings. The quantitative estimate of drug-likeness (QED) is 0.835. The minimum absolute atomic E-state index is 0.0870. The Hall–Kier alpha value is -1.85. The number of nitrogens with zero attached hydrogens (tertiary/aromatic N) is 4. The lowest BCUT2D eigenvalue weighted by Gasteiger charge is -2.35. The molecule has 0 saturated carbocycles. The third-order valence-corrected chi connectivity index (χ3v) is 4.68. The van der Waals surface area contributed by atoms with Crippen LogP contribution in [0, 0.1) is 6.92 Å². The molecule has 0 unspecified atom stereocenters. The van der Waals surface area contributed by atoms with Crippen molar-refractivity contribution in [1.29, 1.82) is 0 Å². The lowest BCUT2D eigenvalue weighted by atomic mass is 10.1. The van der Waals surface area contributed by atoms with Crippen molar-refractivity contribution in [2.75, 3.05) is 31.1 Å². The number of hydrogen-bond acceptors (Lipinski definition) is 4. The molecule has 2 heterocycles. The first-order valence-corrected chi connectivity index (χ1v) is 8.09. The second-order valence-corrected chi connectivity index (χ2v) is 6.18. The van der Waals surface area contributed by atoms with Gasteiger partial charge in [0.05, 0.1) is 15.6 Å². The third-order valence-electron chi connectivity index (χ3n) is 3.86. The number of rotatable bonds is 2. The van der Waals surface area contributed by atoms with E-state index in [1.54, 1.807) is 29.4 Å². The molecule has 23 heavy (non-hydrogen) atoms. The number of carbonyl (C=O) groups excluding carboxylic acids is 1. The zero-order valence-corrected chi connectivity index (χ0v) is 14.2. The molecule has 1 amide bonds. The molecule has 1 aromatic heterocycles. The first kappa shape index (κ1) is 16.0. The maximum absolute atomic E-state index is 12.6. The number of anilines is 1. The van der Waals surface area contributed by atoms with Gasteiger partial charge in [-0.25, -0.2) is 9.97 Å². The highest BCUT2D eigenvalue weighted by Crippen LogP contribution is 2.27. The first-order valence-electron chi connectivity index (χ1n) is 7.33. The first-order chi connectivity index (χ1) is 11.1. The van der Waals surface area contributed by atoms with Gasteiger partial charge in [0.1, 0.15) is 12.1 Å². The number of benzene rings is 1. The van der Waals surface area contributed by atoms with Gasteiger partial charge < -0.3 is 9.80 Å². The molecule has 120 valence electrons. The monoisotopic (exact) mass is 350 g/mol. The average molecular weight is 351 g/mol. The van der Waals surface area contributed by atoms with Crippen LogP contribution in [0.2, 0.25) is 10.0 Å². The lowest BCUT2D eigenvalue weighted by molar-refractivity contribution is 0.0746. The van der Waals surface area contributed by atoms with E-state index in [2.05, 4.69) is 14.9 Å². The SMILES string of the molecule is Cc1cc(N2CCN(C(=O)c3cccc(Cl)c3Cl)CC2)ncn1. The molecule has 0 radical (unpaired) electrons. The Labute approximate surface area is 144 Å². The molecular formula is C16H16Cl2N4O. The Morgan fingerprint density at radius 1 is 1.13 bits per heavy atom. The third kappa shape index (κ3) is 3.41. The largest absolute Gasteiger partial charge is 0.353 e. The summed E-state index contributed by atoms with van der Waals surface area (Å²) >= 11 is 12.1. The van der Waals surface area contributed by atoms with Gasteiger partial charge in [-0.2, -0.15) is 0 Å². The van der Waals surface area contributed by atoms with E-state index < -0.39 is 0 Å². The van der Waals surface area contributed by atoms with E-state index in [9.17, 15) is 4.79 Å². The Morgan fingerprint density at radius 2 is 1.87 bits per heavy atom. The van der Waals surface area contributed by atoms with Gasteiger partial charge in [-0.3, -0.25) is 4.79 Å². The van der Waals surface area contributed by atoms with Crippen LogP contribution < -0.4 is 4.90 Å². The topological polar surface area (TPSA) is 49.3 Å². The second kappa shape index (κ2) is 6.72. The molecule has 1 fully saturated rings. The van der Waals surface area contributed by atoms with Crippen LogP contribution in [0.4, 0.5) is 5.82 Å². The normalized spacial score (nSPS) is 14.9. The molecule has 3 rings (SSSR count). The predicted octanol–water partition coefficient (Wildman–Crippen LogP) is 3.05. The van der Waals surface area contributed by atoms with Gasteiger partial charge in [-0.1, -0.05) is 29.3 Å². The average Bonchev–Trinajstić information content (AvgIpc) is 2.57. The number of amides is 1. The van der Waals surface area contributed by atoms with Crippen LogP contribution in [0.5, 0.6) is 0 Å². The van der Waals surface area contributed by atoms with Gasteiger partial charge in [0, 0.05) is 37.9 Å². The maximum Gasteiger partial charge on any atom is 0.255 e. The van der Waals surface area contributed by atoms with Crippen LogP contribution in [-0.2, 0) is 0 Å². The van der Waals surface area contributed by atoms with E-state index >= 15 is 0 Å². The number of aromatic nitrogens is 2. The smallest absolute Gasteiger partial charge is 0.255 e. The van der Waals surface area contributed by atoms with Gasteiger partial charge in [-0.05, 0) is 19.1 Å². The summed E-state index contributed by atoms with van der Waals surface area (Å²) < 4.78 is 0. The number of carbonyl (C=O) groups is 1. The summed E-state index contributed by atoms with van der Waals surface area (Å²) in [5.74, 6) is 0.807. The molecule has 0 atom stereocenters. The second-order valence-electron chi connectivity index (χ2n) is 5.40. The van der Waals surface area contributed by atoms with E-state index in [1.165, 1.54) is 0 Å². The number of piperazine rings is 1. The number of hydrogen-bond donors (Lipinski definition) is 0. The Bertz CT molecular complexity index is 730. The predicted molar refractivity (Wildman–Crippen MR) is 91.3 cm³/mol. The van der Waals surface area contributed by atoms with Crippen molar-refractivity contribution in [2.45, 2.75) is 6.92 Å². The van der Waals surface area contributed by atoms with Crippen molar-refractivity contribution in [1.82, 2.24) is 14.9 Å². The fourth-order valence-electron chi connectivity index (χ4n) is 2.59. The molecule has 1 saturated heterocycles. The van der Waals surface area contributed by atoms with E-state index in [1.807, 2.05) is 13.0 Å². The van der Waals surface area contributed by atoms with Crippen LogP contribution in [0.25, 0.3) is 0 Å². The zero-order valence-electron chi connectivity index (χ0n) is 12.7. The lowest BCUT2D eigenvalue weighted by Crippen LogP contribution is -2.49. The van der Waals surface area contributed by atoms with E-state index in [-0.39, 0.29) is 5.91 Å². The molecular weight excluding hydrogens is 335 g/mol. The molecule has 7 heteroatoms. The molecule has 5 nitrogen and oxygen atoms in total. The Balaban J connectivity index is 1.69. The van der Waals surface area contributed by atoms with Crippen molar-refractivity contribution >= 4 is 34.9 Å². The molecule has 0 aliphatic carbocycles. The fourth-order valence-corrected chi connectivity index (χ4v) is 2.97. The highest BCUT2D eigenvalue weighted by molar-refractivity contribution is 6.43. The summed E-state index contributed by atoms with van der Waals surface area (Å²) in [6.45, 7) is 4.61. The fraction of sp³-hybridized carbons (Fsp3) is 0.312. The van der Waals surface area contributed by atoms with Crippen LogP contribution in [0.1, 0.15) is 16.1 Å². The molecule has 1 aromatic carbocycles. The molecule has 0 bridgehead atoms. The van der Waals surface area contributed by atoms with Gasteiger partial charge in [-0.15, -0.1) is 0 Å². The molecule has 1 aliphatic heterocycles. The van der Waals surface area contributed by atoms with Crippen molar-refractivity contribution in [3.8, 4) is 0 Å². The van der Waals surface area contributed by atoms with Gasteiger partial charge in [0.25, 0.3) is 5.91 Å². The summed E-state index contributed by atoms with van der Waals surface area (Å²) in [5, 5.41) is 0.709. The highest BCUT2D eigenvalue weighted by atomic mass is 35.5. The summed E-state index contributed by atoms with van der Waals surface area (Å²) in [7, 11) is 0. The van der Waals surface area contributed by atoms with E-state index in [0.29, 0.717) is 28.7 Å². The number of aryl methyl sites for hydroxylation is 1. The summed E-state index contributed by atoms with van der Waals surface area (Å²) in [6, 6.07) is 7.07. The van der Waals surface area contributed by atoms with Crippen LogP contribution in [0.3, 0.4) is 0 Å². The van der Waals surface area contributed by atoms with E-state index in [0.717, 1.165) is 24.6 Å². The maximum atomic E-state index is 12.6. The highest BCUT2D eigenvalue weighted by Gasteiger charge is 2.24. The van der Waals surface area contributed by atoms with Gasteiger partial charge in [0.2, 0.25) is 0 Å². The van der Waals surface area contributed by atoms with Crippen molar-refractivity contribution < 1.29 is 4.79 Å². The standard InChI is InChI=1S/C16H16Cl2N4O/c1-11-9-14(20-10-19-11)21-5-7-22(8-6-21)16(23)12-3-2-4-13(17)15(12)18/h2-4,9-10H,5-8H2,1H3. The van der Waals surface area contributed by atoms with Gasteiger partial charge in [0.15, 0.2) is 0 Å². The molecule has 1 aliphatic rings. The van der Waals surface area contributed by atoms with E-state index in [4.69, 9.17) is 23.2 Å². The van der Waals surface area contributed by atoms with Crippen molar-refractivity contribution in [3.05, 3.63) is 51.9 Å². The van der Waals surface area contributed by atoms with Crippen LogP contribution in [0.15, 0.2) is 30.6 Å². The van der Waals surface area contributed by atoms with Gasteiger partial charge >= 0.3 is 0 Å². The molecule has 0 spiro atoms. The number of halogens is 2. The molecule has 0 N–H and O–H groups in total. The minimum Gasteiger partial charge on any atom is -0.353 e. The van der Waals surface area contributed by atoms with Crippen molar-refractivity contribution in [3.63, 3.8) is 0 Å². The van der Waals surface area contributed by atoms with Crippen LogP contribution >= 0.6 is 23.2 Å².